The van der Waals surface area contributed by atoms with Crippen LogP contribution in [0.1, 0.15) is 19.8 Å². The molecule has 0 unspecified atom stereocenters. The van der Waals surface area contributed by atoms with Gasteiger partial charge in [0.1, 0.15) is 6.54 Å². The fraction of sp³-hybridized carbons (Fsp3) is 0.643. The molecule has 0 saturated carbocycles. The monoisotopic (exact) mass is 341 g/mol. The van der Waals surface area contributed by atoms with Gasteiger partial charge in [-0.2, -0.15) is 0 Å². The Labute approximate surface area is 141 Å². The lowest BCUT2D eigenvalue weighted by Gasteiger charge is -2.33. The number of aromatic nitrogens is 1. The van der Waals surface area contributed by atoms with E-state index >= 15 is 0 Å². The van der Waals surface area contributed by atoms with Crippen molar-refractivity contribution in [3.8, 4) is 0 Å². The van der Waals surface area contributed by atoms with Crippen LogP contribution in [0.3, 0.4) is 0 Å². The topological polar surface area (TPSA) is 10.4 Å². The van der Waals surface area contributed by atoms with Gasteiger partial charge in [0, 0.05) is 50.4 Å². The molecule has 0 aromatic carbocycles. The molecule has 3 nitrogen and oxygen atoms in total. The predicted octanol–water partition coefficient (Wildman–Crippen LogP) is -0.626. The number of hydrogen-bond acceptors (Lipinski definition) is 2. The van der Waals surface area contributed by atoms with Crippen molar-refractivity contribution in [2.24, 2.45) is 0 Å². The summed E-state index contributed by atoms with van der Waals surface area (Å²) in [5.41, 5.74) is 1.37. The Morgan fingerprint density at radius 3 is 2.10 bits per heavy atom. The lowest BCUT2D eigenvalue weighted by atomic mass is 10.2. The maximum atomic E-state index is 2.48. The Hall–Kier alpha value is -0.220. The minimum absolute atomic E-state index is 0. The van der Waals surface area contributed by atoms with Crippen molar-refractivity contribution in [3.05, 3.63) is 24.5 Å². The summed E-state index contributed by atoms with van der Waals surface area (Å²) >= 11 is 0. The largest absolute Gasteiger partial charge is 1.00 e. The molecular weight excluding hydrogens is 317 g/mol. The molecule has 1 aromatic rings. The Morgan fingerprint density at radius 1 is 1.05 bits per heavy atom. The van der Waals surface area contributed by atoms with Gasteiger partial charge >= 0.3 is 0 Å². The van der Waals surface area contributed by atoms with Gasteiger partial charge in [-0.25, -0.2) is 4.57 Å². The Morgan fingerprint density at radius 2 is 1.60 bits per heavy atom. The second-order valence-corrected chi connectivity index (χ2v) is 4.94. The summed E-state index contributed by atoms with van der Waals surface area (Å²) in [5, 5.41) is 0. The predicted molar refractivity (Wildman–Crippen MR) is 85.8 cm³/mol. The first kappa shape index (κ1) is 22.1. The van der Waals surface area contributed by atoms with E-state index in [1.165, 1.54) is 31.6 Å². The maximum absolute atomic E-state index is 2.48. The van der Waals surface area contributed by atoms with Crippen LogP contribution >= 0.6 is 24.8 Å². The lowest BCUT2D eigenvalue weighted by Crippen LogP contribution is -3.00. The highest BCUT2D eigenvalue weighted by molar-refractivity contribution is 5.85. The smallest absolute Gasteiger partial charge is 0.170 e. The minimum atomic E-state index is 0. The molecule has 118 valence electrons. The number of hydrogen-bond donors (Lipinski definition) is 0. The van der Waals surface area contributed by atoms with Crippen molar-refractivity contribution >= 4 is 30.5 Å². The number of pyridine rings is 1. The van der Waals surface area contributed by atoms with Crippen LogP contribution in [0, 0.1) is 0 Å². The zero-order valence-corrected chi connectivity index (χ0v) is 14.7. The molecule has 0 N–H and O–H groups in total. The molecule has 0 radical (unpaired) electrons. The summed E-state index contributed by atoms with van der Waals surface area (Å²) in [6.45, 7) is 8.01. The molecule has 1 aliphatic heterocycles. The summed E-state index contributed by atoms with van der Waals surface area (Å²) in [4.78, 5) is 4.87. The van der Waals surface area contributed by atoms with Gasteiger partial charge < -0.3 is 22.2 Å². The van der Waals surface area contributed by atoms with Crippen LogP contribution in [-0.2, 0) is 6.54 Å². The maximum Gasteiger partial charge on any atom is 0.170 e. The first-order valence-electron chi connectivity index (χ1n) is 6.72. The third-order valence-electron chi connectivity index (χ3n) is 3.51. The number of aryl methyl sites for hydroxylation is 1. The average molecular weight is 343 g/mol. The first-order chi connectivity index (χ1) is 8.29. The quantitative estimate of drug-likeness (QED) is 0.675. The average Bonchev–Trinajstić information content (AvgIpc) is 2.38. The first-order valence-corrected chi connectivity index (χ1v) is 6.72. The summed E-state index contributed by atoms with van der Waals surface area (Å²) in [5.74, 6) is 0. The molecule has 1 saturated heterocycles. The molecule has 6 heteroatoms. The summed E-state index contributed by atoms with van der Waals surface area (Å²) < 4.78 is 2.28. The zero-order valence-electron chi connectivity index (χ0n) is 12.3. The highest BCUT2D eigenvalue weighted by atomic mass is 35.5. The fourth-order valence-electron chi connectivity index (χ4n) is 2.21. The molecule has 0 atom stereocenters. The molecule has 0 aliphatic carbocycles. The van der Waals surface area contributed by atoms with Crippen LogP contribution < -0.4 is 21.9 Å². The lowest BCUT2D eigenvalue weighted by molar-refractivity contribution is -0.697. The van der Waals surface area contributed by atoms with Gasteiger partial charge in [-0.05, 0) is 7.05 Å². The molecular formula is C14H26Cl3N3. The minimum Gasteiger partial charge on any atom is -1.00 e. The van der Waals surface area contributed by atoms with E-state index in [-0.39, 0.29) is 37.2 Å². The van der Waals surface area contributed by atoms with Crippen molar-refractivity contribution in [1.29, 1.82) is 0 Å². The van der Waals surface area contributed by atoms with Crippen molar-refractivity contribution in [2.45, 2.75) is 26.3 Å². The van der Waals surface area contributed by atoms with E-state index < -0.39 is 0 Å². The van der Waals surface area contributed by atoms with Gasteiger partial charge in [-0.15, -0.1) is 24.8 Å². The Kier molecular flexibility index (Phi) is 12.6. The molecule has 2 rings (SSSR count). The second-order valence-electron chi connectivity index (χ2n) is 4.94. The van der Waals surface area contributed by atoms with E-state index in [0.717, 1.165) is 19.6 Å². The van der Waals surface area contributed by atoms with E-state index in [9.17, 15) is 0 Å². The van der Waals surface area contributed by atoms with E-state index in [0.29, 0.717) is 0 Å². The van der Waals surface area contributed by atoms with Crippen molar-refractivity contribution in [2.75, 3.05) is 38.1 Å². The normalized spacial score (nSPS) is 14.8. The Bertz CT molecular complexity index is 338. The second kappa shape index (κ2) is 11.4. The summed E-state index contributed by atoms with van der Waals surface area (Å²) in [6.07, 6.45) is 6.94. The van der Waals surface area contributed by atoms with Gasteiger partial charge in [0.15, 0.2) is 12.4 Å². The van der Waals surface area contributed by atoms with E-state index in [2.05, 4.69) is 52.9 Å². The van der Waals surface area contributed by atoms with E-state index in [4.69, 9.17) is 0 Å². The number of halogens is 3. The number of anilines is 1. The van der Waals surface area contributed by atoms with Gasteiger partial charge in [0.25, 0.3) is 0 Å². The molecule has 1 aromatic heterocycles. The van der Waals surface area contributed by atoms with Crippen LogP contribution in [0.2, 0.25) is 0 Å². The number of likely N-dealkylation sites (N-methyl/N-ethyl adjacent to an activating group) is 1. The number of piperazine rings is 1. The molecule has 1 aliphatic rings. The zero-order chi connectivity index (χ0) is 12.1. The Balaban J connectivity index is 0. The third-order valence-corrected chi connectivity index (χ3v) is 3.51. The number of rotatable bonds is 4. The van der Waals surface area contributed by atoms with Crippen LogP contribution in [-0.4, -0.2) is 38.1 Å². The van der Waals surface area contributed by atoms with Crippen molar-refractivity contribution in [3.63, 3.8) is 0 Å². The third kappa shape index (κ3) is 6.49. The highest BCUT2D eigenvalue weighted by Gasteiger charge is 2.14. The van der Waals surface area contributed by atoms with Gasteiger partial charge in [-0.1, -0.05) is 13.3 Å². The molecule has 20 heavy (non-hydrogen) atoms. The molecule has 0 amide bonds. The van der Waals surface area contributed by atoms with Crippen LogP contribution in [0.15, 0.2) is 24.5 Å². The highest BCUT2D eigenvalue weighted by Crippen LogP contribution is 2.13. The van der Waals surface area contributed by atoms with E-state index in [1.54, 1.807) is 0 Å². The van der Waals surface area contributed by atoms with Crippen molar-refractivity contribution in [1.82, 2.24) is 4.90 Å². The molecule has 1 fully saturated rings. The number of unbranched alkanes of at least 4 members (excludes halogenated alkanes) is 1. The van der Waals surface area contributed by atoms with Crippen LogP contribution in [0.4, 0.5) is 5.69 Å². The van der Waals surface area contributed by atoms with Gasteiger partial charge in [0.2, 0.25) is 0 Å². The fourth-order valence-corrected chi connectivity index (χ4v) is 2.21. The SMILES string of the molecule is CCCC[n+]1ccc(N2CCN(C)CC2)cc1.Cl.Cl.[Cl-]. The number of nitrogens with zero attached hydrogens (tertiary/aromatic N) is 3. The van der Waals surface area contributed by atoms with Gasteiger partial charge in [0.05, 0.1) is 0 Å². The molecule has 0 bridgehead atoms. The summed E-state index contributed by atoms with van der Waals surface area (Å²) in [7, 11) is 2.20. The molecule has 0 spiro atoms. The standard InChI is InChI=1S/C14H24N3.3ClH/c1-3-4-7-16-8-5-14(6-9-16)17-12-10-15(2)11-13-17;;;/h5-6,8-9H,3-4,7,10-13H2,1-2H3;3*1H/q+1;;;/p-1. The molecule has 2 heterocycles. The van der Waals surface area contributed by atoms with Crippen LogP contribution in [0.5, 0.6) is 0 Å². The van der Waals surface area contributed by atoms with Crippen LogP contribution in [0.25, 0.3) is 0 Å². The van der Waals surface area contributed by atoms with Gasteiger partial charge in [-0.3, -0.25) is 0 Å². The van der Waals surface area contributed by atoms with E-state index in [1.807, 2.05) is 0 Å². The summed E-state index contributed by atoms with van der Waals surface area (Å²) in [6, 6.07) is 4.50. The van der Waals surface area contributed by atoms with Crippen molar-refractivity contribution < 1.29 is 17.0 Å².